The number of aliphatic hydroxyl groups is 1. The first kappa shape index (κ1) is 28.5. The van der Waals surface area contributed by atoms with Crippen molar-refractivity contribution in [1.29, 1.82) is 0 Å². The predicted octanol–water partition coefficient (Wildman–Crippen LogP) is 5.46. The fourth-order valence-electron chi connectivity index (χ4n) is 5.26. The number of hydrogen-bond acceptors (Lipinski definition) is 8. The van der Waals surface area contributed by atoms with E-state index in [-0.39, 0.29) is 24.4 Å². The van der Waals surface area contributed by atoms with Crippen molar-refractivity contribution in [3.05, 3.63) is 66.2 Å². The predicted molar refractivity (Wildman–Crippen MR) is 163 cm³/mol. The Bertz CT molecular complexity index is 1540. The number of likely N-dealkylation sites (N-methyl/N-ethyl adjacent to an activating group) is 1. The normalized spacial score (nSPS) is 16.2. The van der Waals surface area contributed by atoms with Gasteiger partial charge in [-0.1, -0.05) is 6.07 Å². The molecule has 0 radical (unpaired) electrons. The largest absolute Gasteiger partial charge is 0.453 e. The number of urea groups is 1. The van der Waals surface area contributed by atoms with E-state index in [4.69, 9.17) is 9.72 Å². The quantitative estimate of drug-likeness (QED) is 0.225. The molecule has 1 saturated carbocycles. The standard InChI is InChI=1S/C31H35FN6O3S/c1-37(14-15-39)23-9-12-38(13-10-23)19-20-2-6-25(34-18-20)29-17-26-30(42-29)28(8-11-33-26)41-27-7-5-22(16-24(27)32)36-31(40)35-21-3-4-21/h2,5-8,11,16-18,21,23,39H,3-4,9-10,12-15,19H2,1H3,(H2,35,36,40). The Morgan fingerprint density at radius 2 is 1.95 bits per heavy atom. The van der Waals surface area contributed by atoms with Crippen LogP contribution in [-0.2, 0) is 6.54 Å². The number of ether oxygens (including phenoxy) is 1. The lowest BCUT2D eigenvalue weighted by molar-refractivity contribution is 0.108. The van der Waals surface area contributed by atoms with E-state index in [1.807, 2.05) is 18.3 Å². The average molecular weight is 591 g/mol. The molecule has 2 fully saturated rings. The molecule has 2 aliphatic rings. The summed E-state index contributed by atoms with van der Waals surface area (Å²) in [6, 6.07) is 12.6. The first-order valence-electron chi connectivity index (χ1n) is 14.4. The van der Waals surface area contributed by atoms with E-state index in [2.05, 4.69) is 38.5 Å². The molecule has 3 N–H and O–H groups in total. The molecule has 42 heavy (non-hydrogen) atoms. The topological polar surface area (TPSA) is 103 Å². The molecule has 0 unspecified atom stereocenters. The van der Waals surface area contributed by atoms with Gasteiger partial charge in [-0.05, 0) is 75.6 Å². The average Bonchev–Trinajstić information content (AvgIpc) is 3.69. The summed E-state index contributed by atoms with van der Waals surface area (Å²) in [6.07, 6.45) is 7.74. The van der Waals surface area contributed by atoms with Gasteiger partial charge in [-0.2, -0.15) is 0 Å². The highest BCUT2D eigenvalue weighted by atomic mass is 32.1. The Hall–Kier alpha value is -3.64. The number of aromatic nitrogens is 2. The molecule has 3 aromatic heterocycles. The van der Waals surface area contributed by atoms with Gasteiger partial charge in [0.1, 0.15) is 5.75 Å². The summed E-state index contributed by atoms with van der Waals surface area (Å²) in [5.41, 5.74) is 3.13. The Labute approximate surface area is 248 Å². The van der Waals surface area contributed by atoms with Crippen LogP contribution in [0.5, 0.6) is 11.5 Å². The number of anilines is 1. The number of benzene rings is 1. The Morgan fingerprint density at radius 1 is 1.12 bits per heavy atom. The lowest BCUT2D eigenvalue weighted by atomic mass is 10.0. The minimum Gasteiger partial charge on any atom is -0.453 e. The molecular formula is C31H35FN6O3S. The van der Waals surface area contributed by atoms with E-state index in [0.29, 0.717) is 17.5 Å². The second kappa shape index (κ2) is 12.7. The molecule has 6 rings (SSSR count). The van der Waals surface area contributed by atoms with Crippen molar-refractivity contribution in [3.63, 3.8) is 0 Å². The summed E-state index contributed by atoms with van der Waals surface area (Å²) in [6.45, 7) is 3.84. The third kappa shape index (κ3) is 6.87. The van der Waals surface area contributed by atoms with Crippen LogP contribution < -0.4 is 15.4 Å². The number of amides is 2. The zero-order valence-corrected chi connectivity index (χ0v) is 24.4. The van der Waals surface area contributed by atoms with Gasteiger partial charge in [0.25, 0.3) is 0 Å². The Kier molecular flexibility index (Phi) is 8.61. The van der Waals surface area contributed by atoms with Crippen LogP contribution in [0.1, 0.15) is 31.2 Å². The van der Waals surface area contributed by atoms with E-state index in [0.717, 1.165) is 72.7 Å². The molecule has 0 bridgehead atoms. The van der Waals surface area contributed by atoms with Crippen molar-refractivity contribution in [2.24, 2.45) is 0 Å². The van der Waals surface area contributed by atoms with Gasteiger partial charge < -0.3 is 25.4 Å². The summed E-state index contributed by atoms with van der Waals surface area (Å²) >= 11 is 1.50. The molecule has 9 nitrogen and oxygen atoms in total. The number of fused-ring (bicyclic) bond motifs is 1. The van der Waals surface area contributed by atoms with Crippen LogP contribution in [0.3, 0.4) is 0 Å². The summed E-state index contributed by atoms with van der Waals surface area (Å²) in [5.74, 6) is 0.00349. The highest BCUT2D eigenvalue weighted by Crippen LogP contribution is 2.39. The number of likely N-dealkylation sites (tertiary alicyclic amines) is 1. The number of nitrogens with one attached hydrogen (secondary N) is 2. The van der Waals surface area contributed by atoms with Crippen LogP contribution in [0, 0.1) is 5.82 Å². The maximum absolute atomic E-state index is 14.9. The van der Waals surface area contributed by atoms with Crippen LogP contribution in [0.25, 0.3) is 20.8 Å². The molecular weight excluding hydrogens is 555 g/mol. The molecule has 0 spiro atoms. The van der Waals surface area contributed by atoms with Gasteiger partial charge in [0.05, 0.1) is 27.4 Å². The zero-order valence-electron chi connectivity index (χ0n) is 23.6. The Balaban J connectivity index is 1.10. The van der Waals surface area contributed by atoms with E-state index in [1.165, 1.54) is 29.0 Å². The van der Waals surface area contributed by atoms with Crippen molar-refractivity contribution in [1.82, 2.24) is 25.1 Å². The first-order chi connectivity index (χ1) is 20.4. The monoisotopic (exact) mass is 590 g/mol. The SMILES string of the molecule is CN(CCO)C1CCN(Cc2ccc(-c3cc4nccc(Oc5ccc(NC(=O)NC6CC6)cc5F)c4s3)nc2)CC1. The molecule has 1 aromatic carbocycles. The molecule has 1 aliphatic carbocycles. The third-order valence-corrected chi connectivity index (χ3v) is 8.98. The highest BCUT2D eigenvalue weighted by molar-refractivity contribution is 7.22. The van der Waals surface area contributed by atoms with Gasteiger partial charge in [0, 0.05) is 55.4 Å². The maximum atomic E-state index is 14.9. The minimum atomic E-state index is -0.570. The molecule has 4 aromatic rings. The van der Waals surface area contributed by atoms with Gasteiger partial charge in [0.2, 0.25) is 0 Å². The number of nitrogens with zero attached hydrogens (tertiary/aromatic N) is 4. The number of hydrogen-bond donors (Lipinski definition) is 3. The smallest absolute Gasteiger partial charge is 0.319 e. The summed E-state index contributed by atoms with van der Waals surface area (Å²) in [5, 5.41) is 14.7. The van der Waals surface area contributed by atoms with Gasteiger partial charge in [-0.25, -0.2) is 9.18 Å². The van der Waals surface area contributed by atoms with Crippen molar-refractivity contribution in [3.8, 4) is 22.1 Å². The van der Waals surface area contributed by atoms with Crippen molar-refractivity contribution in [2.45, 2.75) is 44.3 Å². The number of thiophene rings is 1. The molecule has 1 saturated heterocycles. The molecule has 0 atom stereocenters. The van der Waals surface area contributed by atoms with Crippen LogP contribution in [-0.4, -0.2) is 76.3 Å². The van der Waals surface area contributed by atoms with Gasteiger partial charge in [-0.15, -0.1) is 11.3 Å². The van der Waals surface area contributed by atoms with Crippen LogP contribution >= 0.6 is 11.3 Å². The van der Waals surface area contributed by atoms with Crippen LogP contribution in [0.4, 0.5) is 14.9 Å². The third-order valence-electron chi connectivity index (χ3n) is 7.81. The molecule has 220 valence electrons. The number of halogens is 1. The van der Waals surface area contributed by atoms with Crippen LogP contribution in [0.15, 0.2) is 54.9 Å². The zero-order chi connectivity index (χ0) is 29.1. The van der Waals surface area contributed by atoms with E-state index >= 15 is 0 Å². The van der Waals surface area contributed by atoms with E-state index in [1.54, 1.807) is 18.3 Å². The fraction of sp³-hybridized carbons (Fsp3) is 0.387. The van der Waals surface area contributed by atoms with Gasteiger partial charge in [0.15, 0.2) is 11.6 Å². The summed E-state index contributed by atoms with van der Waals surface area (Å²) in [7, 11) is 2.09. The van der Waals surface area contributed by atoms with E-state index < -0.39 is 5.82 Å². The molecule has 11 heteroatoms. The van der Waals surface area contributed by atoms with Crippen molar-refractivity contribution >= 4 is 33.3 Å². The van der Waals surface area contributed by atoms with Crippen molar-refractivity contribution < 1.29 is 19.0 Å². The summed E-state index contributed by atoms with van der Waals surface area (Å²) in [4.78, 5) is 26.9. The molecule has 4 heterocycles. The van der Waals surface area contributed by atoms with E-state index in [9.17, 15) is 14.3 Å². The number of rotatable bonds is 10. The fourth-order valence-corrected chi connectivity index (χ4v) is 6.30. The highest BCUT2D eigenvalue weighted by Gasteiger charge is 2.24. The number of piperidine rings is 1. The lowest BCUT2D eigenvalue weighted by Gasteiger charge is -2.36. The summed E-state index contributed by atoms with van der Waals surface area (Å²) < 4.78 is 21.7. The first-order valence-corrected chi connectivity index (χ1v) is 15.2. The molecule has 2 amide bonds. The second-order valence-corrected chi connectivity index (χ2v) is 12.1. The van der Waals surface area contributed by atoms with Gasteiger partial charge >= 0.3 is 6.03 Å². The Morgan fingerprint density at radius 3 is 2.67 bits per heavy atom. The maximum Gasteiger partial charge on any atom is 0.319 e. The number of pyridine rings is 2. The number of carbonyl (C=O) groups excluding carboxylic acids is 1. The van der Waals surface area contributed by atoms with Crippen LogP contribution in [0.2, 0.25) is 0 Å². The van der Waals surface area contributed by atoms with Crippen molar-refractivity contribution in [2.75, 3.05) is 38.6 Å². The van der Waals surface area contributed by atoms with Gasteiger partial charge in [-0.3, -0.25) is 14.9 Å². The molecule has 1 aliphatic heterocycles. The minimum absolute atomic E-state index is 0.0668. The number of aliphatic hydroxyl groups excluding tert-OH is 1. The lowest BCUT2D eigenvalue weighted by Crippen LogP contribution is -2.43. The second-order valence-electron chi connectivity index (χ2n) is 11.0. The number of carbonyl (C=O) groups is 1.